The molecular weight excluding hydrogens is 318 g/mol. The molecule has 1 aliphatic heterocycles. The van der Waals surface area contributed by atoms with E-state index < -0.39 is 0 Å². The van der Waals surface area contributed by atoms with Gasteiger partial charge in [0.1, 0.15) is 5.75 Å². The first-order valence-corrected chi connectivity index (χ1v) is 7.57. The quantitative estimate of drug-likeness (QED) is 0.912. The second kappa shape index (κ2) is 6.79. The Hall–Kier alpha value is -2.40. The minimum atomic E-state index is -0.227. The van der Waals surface area contributed by atoms with Crippen LogP contribution in [0, 0.1) is 0 Å². The van der Waals surface area contributed by atoms with E-state index in [0.29, 0.717) is 22.3 Å². The lowest BCUT2D eigenvalue weighted by molar-refractivity contribution is -0.123. The summed E-state index contributed by atoms with van der Waals surface area (Å²) in [6, 6.07) is 12.5. The summed E-state index contributed by atoms with van der Waals surface area (Å²) in [6.07, 6.45) is 0. The van der Waals surface area contributed by atoms with E-state index in [9.17, 15) is 4.79 Å². The lowest BCUT2D eigenvalue weighted by atomic mass is 10.1. The molecule has 1 N–H and O–H groups in total. The van der Waals surface area contributed by atoms with Crippen LogP contribution < -0.4 is 19.5 Å². The summed E-state index contributed by atoms with van der Waals surface area (Å²) >= 11 is 5.98. The van der Waals surface area contributed by atoms with Crippen LogP contribution in [0.1, 0.15) is 18.5 Å². The molecule has 0 aromatic heterocycles. The van der Waals surface area contributed by atoms with Crippen molar-refractivity contribution < 1.29 is 19.0 Å². The van der Waals surface area contributed by atoms with Crippen molar-refractivity contribution in [2.45, 2.75) is 13.0 Å². The van der Waals surface area contributed by atoms with E-state index >= 15 is 0 Å². The Bertz CT molecular complexity index is 719. The van der Waals surface area contributed by atoms with Crippen molar-refractivity contribution in [2.75, 3.05) is 13.4 Å². The van der Waals surface area contributed by atoms with Crippen LogP contribution in [0.3, 0.4) is 0 Å². The molecule has 0 saturated heterocycles. The summed E-state index contributed by atoms with van der Waals surface area (Å²) < 4.78 is 16.0. The van der Waals surface area contributed by atoms with Crippen molar-refractivity contribution in [1.29, 1.82) is 0 Å². The summed E-state index contributed by atoms with van der Waals surface area (Å²) in [7, 11) is 0. The lowest BCUT2D eigenvalue weighted by Gasteiger charge is -2.15. The van der Waals surface area contributed by atoms with Gasteiger partial charge in [0.05, 0.1) is 11.1 Å². The number of hydrogen-bond acceptors (Lipinski definition) is 4. The highest BCUT2D eigenvalue weighted by Gasteiger charge is 2.17. The number of rotatable bonds is 5. The molecule has 1 atom stereocenters. The van der Waals surface area contributed by atoms with Gasteiger partial charge in [-0.2, -0.15) is 0 Å². The van der Waals surface area contributed by atoms with Gasteiger partial charge in [-0.1, -0.05) is 29.8 Å². The fraction of sp³-hybridized carbons (Fsp3) is 0.235. The zero-order valence-electron chi connectivity index (χ0n) is 12.5. The van der Waals surface area contributed by atoms with Crippen LogP contribution in [-0.2, 0) is 4.79 Å². The van der Waals surface area contributed by atoms with E-state index in [1.165, 1.54) is 0 Å². The van der Waals surface area contributed by atoms with Crippen LogP contribution in [0.4, 0.5) is 0 Å². The predicted molar refractivity (Wildman–Crippen MR) is 86.1 cm³/mol. The van der Waals surface area contributed by atoms with Crippen LogP contribution in [0.5, 0.6) is 17.2 Å². The zero-order chi connectivity index (χ0) is 16.2. The minimum Gasteiger partial charge on any atom is -0.482 e. The van der Waals surface area contributed by atoms with E-state index in [1.54, 1.807) is 24.3 Å². The third kappa shape index (κ3) is 3.68. The molecule has 23 heavy (non-hydrogen) atoms. The average Bonchev–Trinajstić information content (AvgIpc) is 3.01. The summed E-state index contributed by atoms with van der Waals surface area (Å²) in [4.78, 5) is 12.0. The Morgan fingerprint density at radius 3 is 2.87 bits per heavy atom. The number of ether oxygens (including phenoxy) is 3. The second-order valence-corrected chi connectivity index (χ2v) is 5.53. The Morgan fingerprint density at radius 2 is 2.04 bits per heavy atom. The number of benzene rings is 2. The maximum atomic E-state index is 12.0. The first-order chi connectivity index (χ1) is 11.1. The van der Waals surface area contributed by atoms with Crippen LogP contribution in [0.15, 0.2) is 42.5 Å². The fourth-order valence-corrected chi connectivity index (χ4v) is 2.44. The van der Waals surface area contributed by atoms with Gasteiger partial charge in [-0.15, -0.1) is 0 Å². The molecule has 0 bridgehead atoms. The van der Waals surface area contributed by atoms with Gasteiger partial charge in [-0.25, -0.2) is 0 Å². The van der Waals surface area contributed by atoms with Gasteiger partial charge in [0, 0.05) is 0 Å². The molecule has 0 aliphatic carbocycles. The number of carbonyl (C=O) groups excluding carboxylic acids is 1. The predicted octanol–water partition coefficient (Wildman–Crippen LogP) is 3.32. The molecule has 2 aromatic rings. The molecule has 1 aliphatic rings. The van der Waals surface area contributed by atoms with Crippen molar-refractivity contribution in [3.05, 3.63) is 53.1 Å². The SMILES string of the molecule is C[C@@H](NC(=O)COc1ccccc1Cl)c1ccc2c(c1)OCO2. The lowest BCUT2D eigenvalue weighted by Crippen LogP contribution is -2.31. The molecule has 0 fully saturated rings. The molecule has 0 unspecified atom stereocenters. The summed E-state index contributed by atoms with van der Waals surface area (Å²) in [5.41, 5.74) is 0.931. The normalized spacial score (nSPS) is 13.5. The van der Waals surface area contributed by atoms with Gasteiger partial charge in [0.2, 0.25) is 6.79 Å². The number of carbonyl (C=O) groups is 1. The molecule has 5 nitrogen and oxygen atoms in total. The number of amides is 1. The zero-order valence-corrected chi connectivity index (χ0v) is 13.3. The van der Waals surface area contributed by atoms with Gasteiger partial charge in [0.25, 0.3) is 5.91 Å². The van der Waals surface area contributed by atoms with Gasteiger partial charge >= 0.3 is 0 Å². The molecular formula is C17H16ClNO4. The Labute approximate surface area is 139 Å². The maximum Gasteiger partial charge on any atom is 0.258 e. The van der Waals surface area contributed by atoms with Gasteiger partial charge in [-0.3, -0.25) is 4.79 Å². The highest BCUT2D eigenvalue weighted by Crippen LogP contribution is 2.34. The summed E-state index contributed by atoms with van der Waals surface area (Å²) in [6.45, 7) is 2.02. The van der Waals surface area contributed by atoms with Crippen LogP contribution in [0.25, 0.3) is 0 Å². The molecule has 3 rings (SSSR count). The van der Waals surface area contributed by atoms with Crippen molar-refractivity contribution >= 4 is 17.5 Å². The van der Waals surface area contributed by atoms with E-state index in [0.717, 1.165) is 5.56 Å². The number of nitrogens with one attached hydrogen (secondary N) is 1. The smallest absolute Gasteiger partial charge is 0.258 e. The van der Waals surface area contributed by atoms with Gasteiger partial charge in [0.15, 0.2) is 18.1 Å². The molecule has 0 radical (unpaired) electrons. The third-order valence-electron chi connectivity index (χ3n) is 3.47. The summed E-state index contributed by atoms with van der Waals surface area (Å²) in [5.74, 6) is 1.67. The third-order valence-corrected chi connectivity index (χ3v) is 3.78. The van der Waals surface area contributed by atoms with E-state index in [1.807, 2.05) is 25.1 Å². The van der Waals surface area contributed by atoms with E-state index in [-0.39, 0.29) is 25.3 Å². The van der Waals surface area contributed by atoms with Gasteiger partial charge < -0.3 is 19.5 Å². The van der Waals surface area contributed by atoms with Crippen molar-refractivity contribution in [1.82, 2.24) is 5.32 Å². The van der Waals surface area contributed by atoms with Crippen LogP contribution >= 0.6 is 11.6 Å². The first kappa shape index (κ1) is 15.5. The Morgan fingerprint density at radius 1 is 1.26 bits per heavy atom. The molecule has 1 amide bonds. The highest BCUT2D eigenvalue weighted by molar-refractivity contribution is 6.32. The molecule has 0 spiro atoms. The molecule has 6 heteroatoms. The Balaban J connectivity index is 1.56. The first-order valence-electron chi connectivity index (χ1n) is 7.20. The van der Waals surface area contributed by atoms with Crippen LogP contribution in [-0.4, -0.2) is 19.3 Å². The highest BCUT2D eigenvalue weighted by atomic mass is 35.5. The monoisotopic (exact) mass is 333 g/mol. The van der Waals surface area contributed by atoms with Crippen molar-refractivity contribution in [3.63, 3.8) is 0 Å². The molecule has 1 heterocycles. The average molecular weight is 334 g/mol. The largest absolute Gasteiger partial charge is 0.482 e. The Kier molecular flexibility index (Phi) is 4.57. The number of hydrogen-bond donors (Lipinski definition) is 1. The fourth-order valence-electron chi connectivity index (χ4n) is 2.25. The molecule has 0 saturated carbocycles. The topological polar surface area (TPSA) is 56.8 Å². The minimum absolute atomic E-state index is 0.0986. The van der Waals surface area contributed by atoms with Gasteiger partial charge in [-0.05, 0) is 36.8 Å². The number of halogens is 1. The standard InChI is InChI=1S/C17H16ClNO4/c1-11(12-6-7-15-16(8-12)23-10-22-15)19-17(20)9-21-14-5-3-2-4-13(14)18/h2-8,11H,9-10H2,1H3,(H,19,20)/t11-/m1/s1. The second-order valence-electron chi connectivity index (χ2n) is 5.12. The van der Waals surface area contributed by atoms with Crippen LogP contribution in [0.2, 0.25) is 5.02 Å². The number of para-hydroxylation sites is 1. The molecule has 2 aromatic carbocycles. The maximum absolute atomic E-state index is 12.0. The number of fused-ring (bicyclic) bond motifs is 1. The van der Waals surface area contributed by atoms with Crippen molar-refractivity contribution in [2.24, 2.45) is 0 Å². The van der Waals surface area contributed by atoms with E-state index in [4.69, 9.17) is 25.8 Å². The molecule has 120 valence electrons. The van der Waals surface area contributed by atoms with Crippen molar-refractivity contribution in [3.8, 4) is 17.2 Å². The summed E-state index contributed by atoms with van der Waals surface area (Å²) in [5, 5.41) is 3.35. The van der Waals surface area contributed by atoms with E-state index in [2.05, 4.69) is 5.32 Å².